The molecule has 2 rings (SSSR count). The van der Waals surface area contributed by atoms with Crippen LogP contribution in [0.25, 0.3) is 0 Å². The van der Waals surface area contributed by atoms with Crippen LogP contribution in [-0.4, -0.2) is 29.2 Å². The highest BCUT2D eigenvalue weighted by molar-refractivity contribution is 6.05. The summed E-state index contributed by atoms with van der Waals surface area (Å²) in [5, 5.41) is 10.3. The molecule has 0 N–H and O–H groups in total. The maximum Gasteiger partial charge on any atom is 0.233 e. The molecule has 0 aromatic rings. The maximum atomic E-state index is 11.9. The van der Waals surface area contributed by atoms with E-state index in [1.807, 2.05) is 0 Å². The van der Waals surface area contributed by atoms with Crippen LogP contribution in [0.1, 0.15) is 32.1 Å². The number of aliphatic carboxylic acids is 1. The fourth-order valence-corrected chi connectivity index (χ4v) is 2.65. The Morgan fingerprint density at radius 2 is 1.69 bits per heavy atom. The zero-order valence-electron chi connectivity index (χ0n) is 8.98. The summed E-state index contributed by atoms with van der Waals surface area (Å²) in [7, 11) is 0. The number of likely N-dealkylation sites (tertiary alicyclic amines) is 1. The predicted molar refractivity (Wildman–Crippen MR) is 51.8 cm³/mol. The molecule has 0 aromatic heterocycles. The lowest BCUT2D eigenvalue weighted by Gasteiger charge is -2.19. The van der Waals surface area contributed by atoms with E-state index in [1.165, 1.54) is 0 Å². The zero-order valence-corrected chi connectivity index (χ0v) is 8.98. The van der Waals surface area contributed by atoms with Crippen LogP contribution in [0.3, 0.4) is 0 Å². The monoisotopic (exact) mass is 224 g/mol. The molecule has 16 heavy (non-hydrogen) atoms. The number of carboxylic acid groups (broad SMARTS) is 1. The number of amides is 2. The number of rotatable bonds is 3. The molecular weight excluding hydrogens is 210 g/mol. The van der Waals surface area contributed by atoms with Gasteiger partial charge in [0.15, 0.2) is 0 Å². The van der Waals surface area contributed by atoms with Crippen LogP contribution in [0.4, 0.5) is 0 Å². The van der Waals surface area contributed by atoms with E-state index in [9.17, 15) is 19.5 Å². The Kier molecular flexibility index (Phi) is 2.94. The summed E-state index contributed by atoms with van der Waals surface area (Å²) in [6, 6.07) is 0. The predicted octanol–water partition coefficient (Wildman–Crippen LogP) is -0.698. The van der Waals surface area contributed by atoms with Gasteiger partial charge in [0.2, 0.25) is 11.8 Å². The largest absolute Gasteiger partial charge is 0.550 e. The molecule has 1 aliphatic carbocycles. The van der Waals surface area contributed by atoms with Crippen molar-refractivity contribution in [1.29, 1.82) is 0 Å². The molecule has 0 spiro atoms. The molecule has 2 fully saturated rings. The molecule has 0 unspecified atom stereocenters. The van der Waals surface area contributed by atoms with Gasteiger partial charge in [-0.25, -0.2) is 0 Å². The minimum atomic E-state index is -1.23. The van der Waals surface area contributed by atoms with Crippen molar-refractivity contribution >= 4 is 17.8 Å². The molecule has 1 saturated carbocycles. The van der Waals surface area contributed by atoms with E-state index in [0.29, 0.717) is 0 Å². The molecule has 0 aromatic carbocycles. The average molecular weight is 224 g/mol. The highest BCUT2D eigenvalue weighted by Crippen LogP contribution is 2.37. The lowest BCUT2D eigenvalue weighted by Crippen LogP contribution is -2.35. The average Bonchev–Trinajstić information content (AvgIpc) is 2.50. The van der Waals surface area contributed by atoms with Crippen LogP contribution >= 0.6 is 0 Å². The molecule has 0 bridgehead atoms. The zero-order chi connectivity index (χ0) is 11.7. The Hall–Kier alpha value is -1.39. The number of carbonyl (C=O) groups is 3. The SMILES string of the molecule is O=C([O-])CCN1C(=O)[C@@H]2CCCC[C@H]2C1=O. The van der Waals surface area contributed by atoms with Gasteiger partial charge in [-0.1, -0.05) is 12.8 Å². The summed E-state index contributed by atoms with van der Waals surface area (Å²) < 4.78 is 0. The Labute approximate surface area is 93.4 Å². The molecular formula is C11H14NO4-. The fraction of sp³-hybridized carbons (Fsp3) is 0.727. The number of fused-ring (bicyclic) bond motifs is 1. The number of carboxylic acids is 1. The molecule has 5 nitrogen and oxygen atoms in total. The summed E-state index contributed by atoms with van der Waals surface area (Å²) in [6.45, 7) is -0.0347. The smallest absolute Gasteiger partial charge is 0.233 e. The molecule has 1 saturated heterocycles. The van der Waals surface area contributed by atoms with Crippen LogP contribution in [0.5, 0.6) is 0 Å². The fourth-order valence-electron chi connectivity index (χ4n) is 2.65. The quantitative estimate of drug-likeness (QED) is 0.594. The lowest BCUT2D eigenvalue weighted by atomic mass is 9.81. The number of nitrogens with zero attached hydrogens (tertiary/aromatic N) is 1. The van der Waals surface area contributed by atoms with Gasteiger partial charge in [-0.3, -0.25) is 14.5 Å². The highest BCUT2D eigenvalue weighted by Gasteiger charge is 2.47. The molecule has 2 atom stereocenters. The van der Waals surface area contributed by atoms with Gasteiger partial charge in [-0.2, -0.15) is 0 Å². The van der Waals surface area contributed by atoms with Crippen LogP contribution < -0.4 is 5.11 Å². The van der Waals surface area contributed by atoms with E-state index in [4.69, 9.17) is 0 Å². The van der Waals surface area contributed by atoms with Crippen molar-refractivity contribution in [1.82, 2.24) is 4.90 Å². The van der Waals surface area contributed by atoms with Crippen molar-refractivity contribution in [2.75, 3.05) is 6.54 Å². The summed E-state index contributed by atoms with van der Waals surface area (Å²) in [5.41, 5.74) is 0. The van der Waals surface area contributed by atoms with E-state index in [2.05, 4.69) is 0 Å². The third kappa shape index (κ3) is 1.81. The second kappa shape index (κ2) is 4.23. The Morgan fingerprint density at radius 1 is 1.19 bits per heavy atom. The third-order valence-electron chi connectivity index (χ3n) is 3.47. The number of hydrogen-bond acceptors (Lipinski definition) is 4. The minimum absolute atomic E-state index is 0.0347. The van der Waals surface area contributed by atoms with Gasteiger partial charge in [0, 0.05) is 18.9 Å². The summed E-state index contributed by atoms with van der Waals surface area (Å²) >= 11 is 0. The topological polar surface area (TPSA) is 77.5 Å². The van der Waals surface area contributed by atoms with Gasteiger partial charge < -0.3 is 9.90 Å². The first kappa shape index (κ1) is 11.1. The second-order valence-electron chi connectivity index (χ2n) is 4.45. The molecule has 0 radical (unpaired) electrons. The van der Waals surface area contributed by atoms with Gasteiger partial charge in [-0.15, -0.1) is 0 Å². The standard InChI is InChI=1S/C11H15NO4/c13-9(14)5-6-12-10(15)7-3-1-2-4-8(7)11(12)16/h7-8H,1-6H2,(H,13,14)/p-1/t7-,8-/m1/s1. The maximum absolute atomic E-state index is 11.9. The Morgan fingerprint density at radius 3 is 2.12 bits per heavy atom. The Balaban J connectivity index is 2.06. The van der Waals surface area contributed by atoms with Crippen LogP contribution in [0.15, 0.2) is 0 Å². The highest BCUT2D eigenvalue weighted by atomic mass is 16.4. The molecule has 1 aliphatic heterocycles. The van der Waals surface area contributed by atoms with E-state index in [-0.39, 0.29) is 36.6 Å². The van der Waals surface area contributed by atoms with Crippen LogP contribution in [0.2, 0.25) is 0 Å². The summed E-state index contributed by atoms with van der Waals surface area (Å²) in [5.74, 6) is -1.98. The van der Waals surface area contributed by atoms with E-state index >= 15 is 0 Å². The third-order valence-corrected chi connectivity index (χ3v) is 3.47. The number of hydrogen-bond donors (Lipinski definition) is 0. The van der Waals surface area contributed by atoms with Crippen molar-refractivity contribution < 1.29 is 19.5 Å². The first-order valence-electron chi connectivity index (χ1n) is 5.66. The van der Waals surface area contributed by atoms with Gasteiger partial charge in [-0.05, 0) is 12.8 Å². The first-order valence-corrected chi connectivity index (χ1v) is 5.66. The molecule has 2 aliphatic rings. The molecule has 5 heteroatoms. The number of carbonyl (C=O) groups excluding carboxylic acids is 3. The van der Waals surface area contributed by atoms with Gasteiger partial charge in [0.25, 0.3) is 0 Å². The Bertz CT molecular complexity index is 315. The molecule has 1 heterocycles. The molecule has 2 amide bonds. The minimum Gasteiger partial charge on any atom is -0.550 e. The summed E-state index contributed by atoms with van der Waals surface area (Å²) in [4.78, 5) is 35.1. The van der Waals surface area contributed by atoms with Crippen molar-refractivity contribution in [3.05, 3.63) is 0 Å². The first-order chi connectivity index (χ1) is 7.61. The van der Waals surface area contributed by atoms with Crippen molar-refractivity contribution in [2.24, 2.45) is 11.8 Å². The van der Waals surface area contributed by atoms with Crippen LogP contribution in [0, 0.1) is 11.8 Å². The van der Waals surface area contributed by atoms with E-state index in [1.54, 1.807) is 0 Å². The van der Waals surface area contributed by atoms with E-state index in [0.717, 1.165) is 30.6 Å². The van der Waals surface area contributed by atoms with Crippen molar-refractivity contribution in [3.63, 3.8) is 0 Å². The van der Waals surface area contributed by atoms with Crippen molar-refractivity contribution in [2.45, 2.75) is 32.1 Å². The second-order valence-corrected chi connectivity index (χ2v) is 4.45. The van der Waals surface area contributed by atoms with Gasteiger partial charge >= 0.3 is 0 Å². The number of imide groups is 1. The van der Waals surface area contributed by atoms with Gasteiger partial charge in [0.05, 0.1) is 11.8 Å². The normalized spacial score (nSPS) is 29.4. The lowest BCUT2D eigenvalue weighted by molar-refractivity contribution is -0.305. The van der Waals surface area contributed by atoms with Crippen molar-refractivity contribution in [3.8, 4) is 0 Å². The molecule has 88 valence electrons. The summed E-state index contributed by atoms with van der Waals surface area (Å²) in [6.07, 6.45) is 3.22. The van der Waals surface area contributed by atoms with Gasteiger partial charge in [0.1, 0.15) is 0 Å². The van der Waals surface area contributed by atoms with E-state index < -0.39 is 5.97 Å². The van der Waals surface area contributed by atoms with Crippen LogP contribution in [-0.2, 0) is 14.4 Å².